The fraction of sp³-hybridized carbons (Fsp3) is 0.182. The molecule has 1 unspecified atom stereocenters. The van der Waals surface area contributed by atoms with Gasteiger partial charge in [-0.05, 0) is 115 Å². The highest BCUT2D eigenvalue weighted by molar-refractivity contribution is 6.09. The number of para-hydroxylation sites is 2. The lowest BCUT2D eigenvalue weighted by Gasteiger charge is -2.29. The zero-order valence-corrected chi connectivity index (χ0v) is 26.8. The summed E-state index contributed by atoms with van der Waals surface area (Å²) in [5.74, 6) is -0.199. The van der Waals surface area contributed by atoms with Crippen molar-refractivity contribution in [3.63, 3.8) is 0 Å². The van der Waals surface area contributed by atoms with Gasteiger partial charge >= 0.3 is 0 Å². The predicted molar refractivity (Wildman–Crippen MR) is 196 cm³/mol. The zero-order chi connectivity index (χ0) is 32.2. The number of nitriles is 2. The van der Waals surface area contributed by atoms with Gasteiger partial charge in [-0.3, -0.25) is 0 Å². The van der Waals surface area contributed by atoms with E-state index in [-0.39, 0.29) is 5.92 Å². The molecule has 2 aliphatic carbocycles. The summed E-state index contributed by atoms with van der Waals surface area (Å²) in [6, 6.07) is 46.2. The molecule has 2 aliphatic rings. The Morgan fingerprint density at radius 1 is 0.583 bits per heavy atom. The highest BCUT2D eigenvalue weighted by atomic mass is 15.0. The SMILES string of the molecule is N#Cc1cccc2c1c1c(n2C2=C(c3cccc(-c4ccc(-n5c6ccccc6c6ccccc65)cc4)c3)CCCC2C#N)CCCC1. The van der Waals surface area contributed by atoms with Gasteiger partial charge in [-0.2, -0.15) is 10.5 Å². The maximum Gasteiger partial charge on any atom is 0.0998 e. The summed E-state index contributed by atoms with van der Waals surface area (Å²) in [6.45, 7) is 0. The molecule has 0 N–H and O–H groups in total. The van der Waals surface area contributed by atoms with E-state index in [1.807, 2.05) is 12.1 Å². The second-order valence-corrected chi connectivity index (χ2v) is 13.2. The average Bonchev–Trinajstić information content (AvgIpc) is 3.68. The molecule has 2 heterocycles. The molecule has 0 saturated heterocycles. The normalized spacial score (nSPS) is 16.2. The monoisotopic (exact) mass is 618 g/mol. The molecular weight excluding hydrogens is 585 g/mol. The molecule has 0 saturated carbocycles. The van der Waals surface area contributed by atoms with Gasteiger partial charge in [-0.1, -0.05) is 72.8 Å². The van der Waals surface area contributed by atoms with Crippen molar-refractivity contribution < 1.29 is 0 Å². The highest BCUT2D eigenvalue weighted by Crippen LogP contribution is 2.45. The summed E-state index contributed by atoms with van der Waals surface area (Å²) < 4.78 is 4.76. The first-order valence-electron chi connectivity index (χ1n) is 17.1. The number of nitrogens with zero attached hydrogens (tertiary/aromatic N) is 4. The maximum atomic E-state index is 10.5. The Hall–Kier alpha value is -5.84. The molecule has 0 aliphatic heterocycles. The van der Waals surface area contributed by atoms with Gasteiger partial charge in [0, 0.05) is 33.2 Å². The van der Waals surface area contributed by atoms with Crippen molar-refractivity contribution in [3.05, 3.63) is 138 Å². The molecule has 0 amide bonds. The molecule has 9 rings (SSSR count). The lowest BCUT2D eigenvalue weighted by Crippen LogP contribution is -2.18. The lowest BCUT2D eigenvalue weighted by atomic mass is 9.83. The van der Waals surface area contributed by atoms with Crippen molar-refractivity contribution in [3.8, 4) is 29.0 Å². The van der Waals surface area contributed by atoms with E-state index in [0.29, 0.717) is 0 Å². The minimum Gasteiger partial charge on any atom is -0.315 e. The summed E-state index contributed by atoms with van der Waals surface area (Å²) in [6.07, 6.45) is 6.99. The lowest BCUT2D eigenvalue weighted by molar-refractivity contribution is 0.622. The fourth-order valence-electron chi connectivity index (χ4n) is 8.52. The van der Waals surface area contributed by atoms with Crippen molar-refractivity contribution in [1.82, 2.24) is 9.13 Å². The van der Waals surface area contributed by atoms with Crippen LogP contribution in [0.15, 0.2) is 115 Å². The molecular formula is C44H34N4. The van der Waals surface area contributed by atoms with E-state index in [0.717, 1.165) is 72.8 Å². The van der Waals surface area contributed by atoms with Crippen molar-refractivity contribution in [2.45, 2.75) is 44.9 Å². The van der Waals surface area contributed by atoms with Crippen LogP contribution in [0.1, 0.15) is 54.5 Å². The smallest absolute Gasteiger partial charge is 0.0998 e. The van der Waals surface area contributed by atoms with E-state index in [1.54, 1.807) is 0 Å². The van der Waals surface area contributed by atoms with Crippen LogP contribution in [0.4, 0.5) is 0 Å². The molecule has 230 valence electrons. The zero-order valence-electron chi connectivity index (χ0n) is 26.8. The number of aromatic nitrogens is 2. The van der Waals surface area contributed by atoms with Crippen LogP contribution in [-0.2, 0) is 12.8 Å². The molecule has 0 spiro atoms. The standard InChI is InChI=1S/C44H34N4/c45-27-32-12-9-21-42-43(32)38-16-3-6-20-41(38)48(42)44-33(28-46)13-8-17-35(44)31-11-7-10-30(26-31)29-22-24-34(25-23-29)47-39-18-4-1-14-36(39)37-15-2-5-19-40(37)47/h1-2,4-5,7,9-12,14-15,18-19,21-26,33H,3,6,8,13,16-17,20H2. The van der Waals surface area contributed by atoms with Crippen LogP contribution < -0.4 is 0 Å². The number of hydrogen-bond donors (Lipinski definition) is 0. The van der Waals surface area contributed by atoms with Crippen LogP contribution in [0.25, 0.3) is 60.8 Å². The molecule has 0 fully saturated rings. The molecule has 0 bridgehead atoms. The van der Waals surface area contributed by atoms with Gasteiger partial charge in [-0.25, -0.2) is 0 Å². The molecule has 7 aromatic rings. The number of fused-ring (bicyclic) bond motifs is 6. The molecule has 4 nitrogen and oxygen atoms in total. The number of benzene rings is 5. The first-order valence-corrected chi connectivity index (χ1v) is 17.1. The minimum absolute atomic E-state index is 0.199. The van der Waals surface area contributed by atoms with Crippen LogP contribution in [0.5, 0.6) is 0 Å². The van der Waals surface area contributed by atoms with E-state index < -0.39 is 0 Å². The van der Waals surface area contributed by atoms with Crippen LogP contribution in [-0.4, -0.2) is 9.13 Å². The maximum absolute atomic E-state index is 10.5. The summed E-state index contributed by atoms with van der Waals surface area (Å²) in [5.41, 5.74) is 13.9. The van der Waals surface area contributed by atoms with Gasteiger partial charge in [0.2, 0.25) is 0 Å². The van der Waals surface area contributed by atoms with Gasteiger partial charge < -0.3 is 9.13 Å². The summed E-state index contributed by atoms with van der Waals surface area (Å²) in [5, 5.41) is 24.2. The number of allylic oxidation sites excluding steroid dienone is 2. The minimum atomic E-state index is -0.199. The molecule has 48 heavy (non-hydrogen) atoms. The van der Waals surface area contributed by atoms with Crippen molar-refractivity contribution in [2.24, 2.45) is 5.92 Å². The van der Waals surface area contributed by atoms with Crippen molar-refractivity contribution in [2.75, 3.05) is 0 Å². The van der Waals surface area contributed by atoms with E-state index in [9.17, 15) is 10.5 Å². The largest absolute Gasteiger partial charge is 0.315 e. The molecule has 4 heteroatoms. The van der Waals surface area contributed by atoms with Crippen LogP contribution in [0.3, 0.4) is 0 Å². The Morgan fingerprint density at radius 2 is 1.27 bits per heavy atom. The number of rotatable bonds is 4. The third-order valence-electron chi connectivity index (χ3n) is 10.6. The van der Waals surface area contributed by atoms with Gasteiger partial charge in [-0.15, -0.1) is 0 Å². The fourth-order valence-corrected chi connectivity index (χ4v) is 8.52. The Balaban J connectivity index is 1.18. The van der Waals surface area contributed by atoms with Crippen LogP contribution in [0, 0.1) is 28.6 Å². The third kappa shape index (κ3) is 4.34. The Kier molecular flexibility index (Phi) is 6.77. The van der Waals surface area contributed by atoms with E-state index in [4.69, 9.17) is 0 Å². The highest BCUT2D eigenvalue weighted by Gasteiger charge is 2.31. The Labute approximate surface area is 280 Å². The Morgan fingerprint density at radius 3 is 2.02 bits per heavy atom. The van der Waals surface area contributed by atoms with Gasteiger partial charge in [0.05, 0.1) is 40.2 Å². The van der Waals surface area contributed by atoms with E-state index in [2.05, 4.69) is 124 Å². The average molecular weight is 619 g/mol. The summed E-state index contributed by atoms with van der Waals surface area (Å²) in [7, 11) is 0. The van der Waals surface area contributed by atoms with Crippen LogP contribution in [0.2, 0.25) is 0 Å². The molecule has 1 atom stereocenters. The van der Waals surface area contributed by atoms with Crippen molar-refractivity contribution in [1.29, 1.82) is 10.5 Å². The molecule has 2 aromatic heterocycles. The summed E-state index contributed by atoms with van der Waals surface area (Å²) >= 11 is 0. The Bertz CT molecular complexity index is 2460. The quantitative estimate of drug-likeness (QED) is 0.197. The first kappa shape index (κ1) is 28.4. The van der Waals surface area contributed by atoms with Crippen LogP contribution >= 0.6 is 0 Å². The molecule has 5 aromatic carbocycles. The third-order valence-corrected chi connectivity index (χ3v) is 10.6. The van der Waals surface area contributed by atoms with Crippen molar-refractivity contribution >= 4 is 44.0 Å². The van der Waals surface area contributed by atoms with Gasteiger partial charge in [0.1, 0.15) is 0 Å². The van der Waals surface area contributed by atoms with Gasteiger partial charge in [0.25, 0.3) is 0 Å². The first-order chi connectivity index (χ1) is 23.7. The predicted octanol–water partition coefficient (Wildman–Crippen LogP) is 10.8. The second-order valence-electron chi connectivity index (χ2n) is 13.2. The summed E-state index contributed by atoms with van der Waals surface area (Å²) in [4.78, 5) is 0. The number of aryl methyl sites for hydroxylation is 1. The molecule has 0 radical (unpaired) electrons. The topological polar surface area (TPSA) is 57.4 Å². The number of hydrogen-bond acceptors (Lipinski definition) is 2. The van der Waals surface area contributed by atoms with E-state index in [1.165, 1.54) is 55.3 Å². The van der Waals surface area contributed by atoms with E-state index >= 15 is 0 Å². The van der Waals surface area contributed by atoms with Gasteiger partial charge in [0.15, 0.2) is 0 Å². The second kappa shape index (κ2) is 11.4.